The molecule has 0 aromatic carbocycles. The van der Waals surface area contributed by atoms with Gasteiger partial charge in [-0.15, -0.1) is 0 Å². The fourth-order valence-electron chi connectivity index (χ4n) is 3.63. The molecule has 3 aliphatic heterocycles. The Kier molecular flexibility index (Phi) is 3.79. The number of hydrogen-bond acceptors (Lipinski definition) is 4. The first kappa shape index (κ1) is 14.6. The van der Waals surface area contributed by atoms with Crippen LogP contribution in [0, 0.1) is 0 Å². The Bertz CT molecular complexity index is 436. The first-order valence-electron chi connectivity index (χ1n) is 7.66. The second-order valence-corrected chi connectivity index (χ2v) is 6.41. The van der Waals surface area contributed by atoms with Gasteiger partial charge in [-0.05, 0) is 26.3 Å². The lowest BCUT2D eigenvalue weighted by atomic mass is 9.99. The largest absolute Gasteiger partial charge is 0.479 e. The molecule has 0 radical (unpaired) electrons. The number of piperazine rings is 1. The number of urea groups is 1. The summed E-state index contributed by atoms with van der Waals surface area (Å²) in [6, 6.07) is 0.252. The lowest BCUT2D eigenvalue weighted by Crippen LogP contribution is -2.64. The Labute approximate surface area is 124 Å². The first-order valence-corrected chi connectivity index (χ1v) is 7.66. The summed E-state index contributed by atoms with van der Waals surface area (Å²) in [5.41, 5.74) is -1.26. The summed E-state index contributed by atoms with van der Waals surface area (Å²) in [4.78, 5) is 28.2. The van der Waals surface area contributed by atoms with E-state index < -0.39 is 11.5 Å². The third-order valence-corrected chi connectivity index (χ3v) is 4.98. The van der Waals surface area contributed by atoms with Gasteiger partial charge in [-0.25, -0.2) is 9.59 Å². The maximum Gasteiger partial charge on any atom is 0.332 e. The van der Waals surface area contributed by atoms with Crippen LogP contribution in [-0.4, -0.2) is 77.4 Å². The smallest absolute Gasteiger partial charge is 0.332 e. The summed E-state index contributed by atoms with van der Waals surface area (Å²) in [6.45, 7) is 5.10. The minimum atomic E-state index is -1.26. The quantitative estimate of drug-likeness (QED) is 0.756. The molecular weight excluding hydrogens is 274 g/mol. The van der Waals surface area contributed by atoms with Crippen molar-refractivity contribution < 1.29 is 19.4 Å². The Morgan fingerprint density at radius 1 is 1.38 bits per heavy atom. The van der Waals surface area contributed by atoms with Gasteiger partial charge in [0.25, 0.3) is 0 Å². The minimum absolute atomic E-state index is 0.0475. The summed E-state index contributed by atoms with van der Waals surface area (Å²) < 4.78 is 5.18. The number of amides is 2. The molecule has 3 saturated heterocycles. The molecule has 118 valence electrons. The van der Waals surface area contributed by atoms with Gasteiger partial charge in [0.1, 0.15) is 0 Å². The van der Waals surface area contributed by atoms with Gasteiger partial charge >= 0.3 is 12.0 Å². The van der Waals surface area contributed by atoms with Crippen molar-refractivity contribution in [3.05, 3.63) is 0 Å². The highest BCUT2D eigenvalue weighted by molar-refractivity contribution is 5.87. The molecule has 0 aromatic rings. The van der Waals surface area contributed by atoms with Gasteiger partial charge in [0.05, 0.1) is 6.61 Å². The minimum Gasteiger partial charge on any atom is -0.479 e. The van der Waals surface area contributed by atoms with E-state index in [-0.39, 0.29) is 18.7 Å². The first-order chi connectivity index (χ1) is 10.0. The summed E-state index contributed by atoms with van der Waals surface area (Å²) in [5, 5.41) is 12.1. The van der Waals surface area contributed by atoms with E-state index in [2.05, 4.69) is 10.2 Å². The second kappa shape index (κ2) is 5.46. The van der Waals surface area contributed by atoms with Gasteiger partial charge in [-0.2, -0.15) is 0 Å². The molecule has 0 saturated carbocycles. The molecule has 3 aliphatic rings. The predicted molar refractivity (Wildman–Crippen MR) is 75.1 cm³/mol. The molecule has 3 unspecified atom stereocenters. The van der Waals surface area contributed by atoms with Gasteiger partial charge in [0, 0.05) is 38.2 Å². The zero-order valence-electron chi connectivity index (χ0n) is 12.4. The van der Waals surface area contributed by atoms with Crippen molar-refractivity contribution in [2.75, 3.05) is 32.8 Å². The number of fused-ring (bicyclic) bond motifs is 1. The van der Waals surface area contributed by atoms with E-state index in [1.165, 1.54) is 6.42 Å². The molecule has 3 atom stereocenters. The molecule has 2 amide bonds. The van der Waals surface area contributed by atoms with Gasteiger partial charge in [-0.3, -0.25) is 4.90 Å². The van der Waals surface area contributed by atoms with E-state index in [9.17, 15) is 14.7 Å². The number of carbonyl (C=O) groups is 2. The molecule has 3 rings (SSSR count). The van der Waals surface area contributed by atoms with Gasteiger partial charge in [0.2, 0.25) is 0 Å². The zero-order chi connectivity index (χ0) is 15.0. The van der Waals surface area contributed by atoms with Crippen LogP contribution in [0.1, 0.15) is 26.2 Å². The number of nitrogens with one attached hydrogen (secondary N) is 1. The van der Waals surface area contributed by atoms with Gasteiger partial charge < -0.3 is 20.1 Å². The summed E-state index contributed by atoms with van der Waals surface area (Å²) in [6.07, 6.45) is 2.62. The van der Waals surface area contributed by atoms with Crippen molar-refractivity contribution in [2.24, 2.45) is 0 Å². The zero-order valence-corrected chi connectivity index (χ0v) is 12.4. The standard InChI is InChI=1S/C14H23N3O4/c1-10-7-16-5-2-3-11(16)8-17(10)13(20)15-14(12(18)19)4-6-21-9-14/h10-11H,2-9H2,1H3,(H,15,20)(H,18,19). The molecular formula is C14H23N3O4. The average Bonchev–Trinajstić information content (AvgIpc) is 3.06. The Balaban J connectivity index is 1.68. The number of aliphatic carboxylic acids is 1. The third kappa shape index (κ3) is 2.60. The van der Waals surface area contributed by atoms with Crippen molar-refractivity contribution in [3.63, 3.8) is 0 Å². The Morgan fingerprint density at radius 3 is 2.86 bits per heavy atom. The van der Waals surface area contributed by atoms with Crippen LogP contribution in [0.25, 0.3) is 0 Å². The normalized spacial score (nSPS) is 36.5. The van der Waals surface area contributed by atoms with E-state index in [0.29, 0.717) is 25.6 Å². The number of hydrogen-bond donors (Lipinski definition) is 2. The second-order valence-electron chi connectivity index (χ2n) is 6.41. The van der Waals surface area contributed by atoms with Crippen LogP contribution in [0.5, 0.6) is 0 Å². The van der Waals surface area contributed by atoms with E-state index in [1.54, 1.807) is 4.90 Å². The fourth-order valence-corrected chi connectivity index (χ4v) is 3.63. The molecule has 3 fully saturated rings. The Hall–Kier alpha value is -1.34. The van der Waals surface area contributed by atoms with Crippen LogP contribution in [-0.2, 0) is 9.53 Å². The molecule has 0 aromatic heterocycles. The summed E-state index contributed by atoms with van der Waals surface area (Å²) in [7, 11) is 0. The number of ether oxygens (including phenoxy) is 1. The highest BCUT2D eigenvalue weighted by atomic mass is 16.5. The highest BCUT2D eigenvalue weighted by Crippen LogP contribution is 2.26. The van der Waals surface area contributed by atoms with E-state index in [0.717, 1.165) is 19.5 Å². The molecule has 3 heterocycles. The molecule has 0 bridgehead atoms. The fraction of sp³-hybridized carbons (Fsp3) is 0.857. The van der Waals surface area contributed by atoms with Crippen LogP contribution in [0.4, 0.5) is 4.79 Å². The van der Waals surface area contributed by atoms with E-state index in [4.69, 9.17) is 4.74 Å². The number of carboxylic acids is 1. The maximum atomic E-state index is 12.5. The van der Waals surface area contributed by atoms with Crippen LogP contribution >= 0.6 is 0 Å². The van der Waals surface area contributed by atoms with E-state index >= 15 is 0 Å². The summed E-state index contributed by atoms with van der Waals surface area (Å²) in [5.74, 6) is -1.01. The van der Waals surface area contributed by atoms with Gasteiger partial charge in [-0.1, -0.05) is 0 Å². The van der Waals surface area contributed by atoms with Crippen LogP contribution in [0.15, 0.2) is 0 Å². The SMILES string of the molecule is CC1CN2CCCC2CN1C(=O)NC1(C(=O)O)CCOC1. The van der Waals surface area contributed by atoms with E-state index in [1.807, 2.05) is 6.92 Å². The third-order valence-electron chi connectivity index (χ3n) is 4.98. The van der Waals surface area contributed by atoms with Crippen LogP contribution in [0.2, 0.25) is 0 Å². The number of carboxylic acid groups (broad SMARTS) is 1. The van der Waals surface area contributed by atoms with Gasteiger partial charge in [0.15, 0.2) is 5.54 Å². The van der Waals surface area contributed by atoms with Crippen molar-refractivity contribution in [1.29, 1.82) is 0 Å². The average molecular weight is 297 g/mol. The molecule has 21 heavy (non-hydrogen) atoms. The van der Waals surface area contributed by atoms with Crippen LogP contribution in [0.3, 0.4) is 0 Å². The van der Waals surface area contributed by atoms with Crippen molar-refractivity contribution in [1.82, 2.24) is 15.1 Å². The lowest BCUT2D eigenvalue weighted by molar-refractivity contribution is -0.144. The molecule has 7 nitrogen and oxygen atoms in total. The molecule has 0 spiro atoms. The summed E-state index contributed by atoms with van der Waals surface area (Å²) >= 11 is 0. The monoisotopic (exact) mass is 297 g/mol. The van der Waals surface area contributed by atoms with Crippen LogP contribution < -0.4 is 5.32 Å². The number of rotatable bonds is 2. The van der Waals surface area contributed by atoms with Crippen molar-refractivity contribution in [3.8, 4) is 0 Å². The Morgan fingerprint density at radius 2 is 2.19 bits per heavy atom. The molecule has 0 aliphatic carbocycles. The maximum absolute atomic E-state index is 12.5. The lowest BCUT2D eigenvalue weighted by Gasteiger charge is -2.43. The number of nitrogens with zero attached hydrogens (tertiary/aromatic N) is 2. The predicted octanol–water partition coefficient (Wildman–Crippen LogP) is 0.108. The number of carbonyl (C=O) groups excluding carboxylic acids is 1. The molecule has 7 heteroatoms. The molecule has 2 N–H and O–H groups in total. The van der Waals surface area contributed by atoms with Crippen molar-refractivity contribution >= 4 is 12.0 Å². The highest BCUT2D eigenvalue weighted by Gasteiger charge is 2.46. The topological polar surface area (TPSA) is 82.1 Å². The van der Waals surface area contributed by atoms with Crippen molar-refractivity contribution in [2.45, 2.75) is 43.8 Å².